The first-order valence-electron chi connectivity index (χ1n) is 5.74. The zero-order chi connectivity index (χ0) is 12.5. The lowest BCUT2D eigenvalue weighted by Crippen LogP contribution is -2.39. The van der Waals surface area contributed by atoms with Gasteiger partial charge in [0.15, 0.2) is 0 Å². The van der Waals surface area contributed by atoms with Crippen LogP contribution in [-0.4, -0.2) is 31.0 Å². The smallest absolute Gasteiger partial charge is 0.227 e. The molecule has 0 spiro atoms. The molecule has 3 N–H and O–H groups in total. The van der Waals surface area contributed by atoms with E-state index in [2.05, 4.69) is 15.2 Å². The number of hydrogen-bond acceptors (Lipinski definition) is 4. The van der Waals surface area contributed by atoms with Crippen molar-refractivity contribution in [3.63, 3.8) is 0 Å². The van der Waals surface area contributed by atoms with E-state index in [-0.39, 0.29) is 11.3 Å². The van der Waals surface area contributed by atoms with Crippen LogP contribution in [0, 0.1) is 5.41 Å². The number of pyridine rings is 1. The van der Waals surface area contributed by atoms with Crippen LogP contribution in [0.25, 0.3) is 0 Å². The number of hydrogen-bond donors (Lipinski definition) is 2. The Labute approximate surface area is 101 Å². The summed E-state index contributed by atoms with van der Waals surface area (Å²) < 4.78 is 0. The molecule has 1 aliphatic heterocycles. The van der Waals surface area contributed by atoms with E-state index in [1.807, 2.05) is 13.0 Å². The largest absolute Gasteiger partial charge is 0.399 e. The van der Waals surface area contributed by atoms with Gasteiger partial charge < -0.3 is 16.0 Å². The molecule has 0 radical (unpaired) electrons. The van der Waals surface area contributed by atoms with E-state index >= 15 is 0 Å². The molecule has 0 bridgehead atoms. The molecule has 1 atom stereocenters. The Hall–Kier alpha value is -1.78. The van der Waals surface area contributed by atoms with Crippen LogP contribution in [0.15, 0.2) is 18.3 Å². The molecule has 2 rings (SSSR count). The molecule has 0 aliphatic carbocycles. The van der Waals surface area contributed by atoms with E-state index in [0.29, 0.717) is 12.2 Å². The standard InChI is InChI=1S/C12H18N4O/c1-12(11(17)14-2)4-6-16(8-12)10-7-9(13)3-5-15-10/h3,5,7H,4,6,8H2,1-2H3,(H2,13,15)(H,14,17). The number of carbonyl (C=O) groups is 1. The van der Waals surface area contributed by atoms with Crippen molar-refractivity contribution in [1.29, 1.82) is 0 Å². The van der Waals surface area contributed by atoms with Crippen molar-refractivity contribution in [3.8, 4) is 0 Å². The van der Waals surface area contributed by atoms with Crippen LogP contribution in [-0.2, 0) is 4.79 Å². The Morgan fingerprint density at radius 3 is 3.06 bits per heavy atom. The van der Waals surface area contributed by atoms with Crippen LogP contribution in [0.3, 0.4) is 0 Å². The number of amides is 1. The molecule has 1 saturated heterocycles. The number of carbonyl (C=O) groups excluding carboxylic acids is 1. The number of aromatic nitrogens is 1. The van der Waals surface area contributed by atoms with E-state index in [1.165, 1.54) is 0 Å². The summed E-state index contributed by atoms with van der Waals surface area (Å²) in [4.78, 5) is 18.2. The normalized spacial score (nSPS) is 23.8. The molecule has 1 fully saturated rings. The minimum atomic E-state index is -0.332. The Kier molecular flexibility index (Phi) is 2.92. The molecule has 2 heterocycles. The van der Waals surface area contributed by atoms with Crippen LogP contribution in [0.4, 0.5) is 11.5 Å². The summed E-state index contributed by atoms with van der Waals surface area (Å²) in [5.41, 5.74) is 6.10. The van der Waals surface area contributed by atoms with E-state index in [9.17, 15) is 4.79 Å². The van der Waals surface area contributed by atoms with Crippen LogP contribution < -0.4 is 16.0 Å². The van der Waals surface area contributed by atoms with Crippen molar-refractivity contribution in [2.24, 2.45) is 5.41 Å². The maximum atomic E-state index is 11.8. The van der Waals surface area contributed by atoms with Gasteiger partial charge in [-0.15, -0.1) is 0 Å². The number of anilines is 2. The first kappa shape index (κ1) is 11.7. The van der Waals surface area contributed by atoms with Gasteiger partial charge in [0, 0.05) is 38.1 Å². The molecule has 1 unspecified atom stereocenters. The average molecular weight is 234 g/mol. The zero-order valence-corrected chi connectivity index (χ0v) is 10.2. The van der Waals surface area contributed by atoms with E-state index < -0.39 is 0 Å². The fourth-order valence-corrected chi connectivity index (χ4v) is 2.25. The van der Waals surface area contributed by atoms with E-state index in [0.717, 1.165) is 18.8 Å². The Balaban J connectivity index is 2.15. The lowest BCUT2D eigenvalue weighted by molar-refractivity contribution is -0.128. The van der Waals surface area contributed by atoms with Gasteiger partial charge in [0.1, 0.15) is 5.82 Å². The van der Waals surface area contributed by atoms with Crippen molar-refractivity contribution >= 4 is 17.4 Å². The summed E-state index contributed by atoms with van der Waals surface area (Å²) in [6.45, 7) is 3.50. The lowest BCUT2D eigenvalue weighted by atomic mass is 9.89. The van der Waals surface area contributed by atoms with Gasteiger partial charge in [0.05, 0.1) is 5.41 Å². The Bertz CT molecular complexity index is 434. The van der Waals surface area contributed by atoms with E-state index in [4.69, 9.17) is 5.73 Å². The van der Waals surface area contributed by atoms with Gasteiger partial charge in [0.2, 0.25) is 5.91 Å². The topological polar surface area (TPSA) is 71.2 Å². The highest BCUT2D eigenvalue weighted by Crippen LogP contribution is 2.32. The molecule has 1 aromatic heterocycles. The second-order valence-corrected chi connectivity index (χ2v) is 4.76. The van der Waals surface area contributed by atoms with Gasteiger partial charge in [-0.1, -0.05) is 0 Å². The van der Waals surface area contributed by atoms with Gasteiger partial charge in [-0.05, 0) is 19.4 Å². The van der Waals surface area contributed by atoms with Gasteiger partial charge in [-0.2, -0.15) is 0 Å². The van der Waals surface area contributed by atoms with Gasteiger partial charge in [-0.3, -0.25) is 4.79 Å². The number of nitrogens with one attached hydrogen (secondary N) is 1. The van der Waals surface area contributed by atoms with Crippen molar-refractivity contribution in [3.05, 3.63) is 18.3 Å². The lowest BCUT2D eigenvalue weighted by Gasteiger charge is -2.23. The molecular weight excluding hydrogens is 216 g/mol. The molecule has 1 amide bonds. The number of nitrogens with zero attached hydrogens (tertiary/aromatic N) is 2. The quantitative estimate of drug-likeness (QED) is 0.787. The second-order valence-electron chi connectivity index (χ2n) is 4.76. The van der Waals surface area contributed by atoms with E-state index in [1.54, 1.807) is 19.3 Å². The summed E-state index contributed by atoms with van der Waals surface area (Å²) in [6, 6.07) is 3.60. The van der Waals surface area contributed by atoms with Gasteiger partial charge in [0.25, 0.3) is 0 Å². The maximum absolute atomic E-state index is 11.8. The van der Waals surface area contributed by atoms with Crippen molar-refractivity contribution < 1.29 is 4.79 Å². The maximum Gasteiger partial charge on any atom is 0.227 e. The average Bonchev–Trinajstić information content (AvgIpc) is 2.72. The Morgan fingerprint density at radius 2 is 2.41 bits per heavy atom. The third-order valence-corrected chi connectivity index (χ3v) is 3.34. The fraction of sp³-hybridized carbons (Fsp3) is 0.500. The highest BCUT2D eigenvalue weighted by Gasteiger charge is 2.40. The van der Waals surface area contributed by atoms with Crippen molar-refractivity contribution in [2.45, 2.75) is 13.3 Å². The molecule has 1 aromatic rings. The zero-order valence-electron chi connectivity index (χ0n) is 10.2. The second kappa shape index (κ2) is 4.24. The molecule has 0 aromatic carbocycles. The minimum Gasteiger partial charge on any atom is -0.399 e. The highest BCUT2D eigenvalue weighted by atomic mass is 16.2. The summed E-state index contributed by atoms with van der Waals surface area (Å²) in [5, 5.41) is 2.72. The fourth-order valence-electron chi connectivity index (χ4n) is 2.25. The SMILES string of the molecule is CNC(=O)C1(C)CCN(c2cc(N)ccn2)C1. The first-order valence-corrected chi connectivity index (χ1v) is 5.74. The van der Waals surface area contributed by atoms with Gasteiger partial charge >= 0.3 is 0 Å². The summed E-state index contributed by atoms with van der Waals surface area (Å²) in [6.07, 6.45) is 2.53. The third-order valence-electron chi connectivity index (χ3n) is 3.34. The molecule has 5 heteroatoms. The molecule has 1 aliphatic rings. The van der Waals surface area contributed by atoms with Crippen LogP contribution in [0.1, 0.15) is 13.3 Å². The summed E-state index contributed by atoms with van der Waals surface area (Å²) in [7, 11) is 1.68. The molecular formula is C12H18N4O. The molecule has 17 heavy (non-hydrogen) atoms. The summed E-state index contributed by atoms with van der Waals surface area (Å²) in [5.74, 6) is 0.932. The van der Waals surface area contributed by atoms with Crippen LogP contribution >= 0.6 is 0 Å². The summed E-state index contributed by atoms with van der Waals surface area (Å²) >= 11 is 0. The number of nitrogens with two attached hydrogens (primary N) is 1. The highest BCUT2D eigenvalue weighted by molar-refractivity contribution is 5.83. The number of rotatable bonds is 2. The third kappa shape index (κ3) is 2.18. The monoisotopic (exact) mass is 234 g/mol. The first-order chi connectivity index (χ1) is 8.05. The van der Waals surface area contributed by atoms with Crippen molar-refractivity contribution in [2.75, 3.05) is 30.8 Å². The Morgan fingerprint density at radius 1 is 1.65 bits per heavy atom. The molecule has 92 valence electrons. The molecule has 5 nitrogen and oxygen atoms in total. The predicted molar refractivity (Wildman–Crippen MR) is 67.7 cm³/mol. The van der Waals surface area contributed by atoms with Crippen molar-refractivity contribution in [1.82, 2.24) is 10.3 Å². The number of nitrogen functional groups attached to an aromatic ring is 1. The van der Waals surface area contributed by atoms with Gasteiger partial charge in [-0.25, -0.2) is 4.98 Å². The predicted octanol–water partition coefficient (Wildman–Crippen LogP) is 0.626. The van der Waals surface area contributed by atoms with Crippen LogP contribution in [0.5, 0.6) is 0 Å². The van der Waals surface area contributed by atoms with Crippen LogP contribution in [0.2, 0.25) is 0 Å². The molecule has 0 saturated carbocycles. The minimum absolute atomic E-state index is 0.0869.